The summed E-state index contributed by atoms with van der Waals surface area (Å²) in [5.74, 6) is -1.22. The van der Waals surface area contributed by atoms with E-state index in [1.165, 1.54) is 23.5 Å². The van der Waals surface area contributed by atoms with E-state index in [-0.39, 0.29) is 11.5 Å². The van der Waals surface area contributed by atoms with Crippen LogP contribution in [0.2, 0.25) is 0 Å². The van der Waals surface area contributed by atoms with Gasteiger partial charge in [0.15, 0.2) is 23.1 Å². The quantitative estimate of drug-likeness (QED) is 0.458. The number of allylic oxidation sites excluding steroid dienone is 1. The summed E-state index contributed by atoms with van der Waals surface area (Å²) < 4.78 is 1.79. The monoisotopic (exact) mass is 291 g/mol. The Bertz CT molecular complexity index is 677. The Kier molecular flexibility index (Phi) is 4.05. The van der Waals surface area contributed by atoms with Gasteiger partial charge in [0.05, 0.1) is 0 Å². The minimum Gasteiger partial charge on any atom is -0.504 e. The molecule has 0 atom stereocenters. The number of aromatic hydroxyl groups is 3. The van der Waals surface area contributed by atoms with Gasteiger partial charge >= 0.3 is 0 Å². The lowest BCUT2D eigenvalue weighted by Gasteiger charge is -2.02. The van der Waals surface area contributed by atoms with Crippen LogP contribution in [0.15, 0.2) is 24.8 Å². The molecule has 0 fully saturated rings. The van der Waals surface area contributed by atoms with Crippen molar-refractivity contribution in [3.05, 3.63) is 40.4 Å². The van der Waals surface area contributed by atoms with Gasteiger partial charge in [0.25, 0.3) is 5.01 Å². The second kappa shape index (κ2) is 5.75. The molecule has 5 nitrogen and oxygen atoms in total. The van der Waals surface area contributed by atoms with Gasteiger partial charge in [0.1, 0.15) is 0 Å². The summed E-state index contributed by atoms with van der Waals surface area (Å²) in [4.78, 5) is 0. The minimum absolute atomic E-state index is 0.349. The highest BCUT2D eigenvalue weighted by molar-refractivity contribution is 7.11. The Hall–Kier alpha value is -2.34. The average molecular weight is 291 g/mol. The van der Waals surface area contributed by atoms with Gasteiger partial charge in [-0.1, -0.05) is 11.3 Å². The summed E-state index contributed by atoms with van der Waals surface area (Å²) in [6.07, 6.45) is 5.20. The minimum atomic E-state index is -0.522. The molecule has 104 valence electrons. The maximum atomic E-state index is 9.74. The molecule has 1 aromatic carbocycles. The first-order valence-corrected chi connectivity index (χ1v) is 6.75. The molecule has 0 aliphatic rings. The Balaban J connectivity index is 2.34. The van der Waals surface area contributed by atoms with Gasteiger partial charge in [-0.05, 0) is 42.5 Å². The van der Waals surface area contributed by atoms with Crippen LogP contribution in [0.5, 0.6) is 17.2 Å². The van der Waals surface area contributed by atoms with E-state index in [9.17, 15) is 15.3 Å². The number of phenolic OH excluding ortho intramolecular Hbond substituents is 3. The van der Waals surface area contributed by atoms with Crippen molar-refractivity contribution in [1.82, 2.24) is 5.10 Å². The summed E-state index contributed by atoms with van der Waals surface area (Å²) in [5.41, 5.74) is 0.413. The van der Waals surface area contributed by atoms with Crippen LogP contribution in [-0.2, 0) is 6.54 Å². The predicted octanol–water partition coefficient (Wildman–Crippen LogP) is 2.21. The lowest BCUT2D eigenvalue weighted by molar-refractivity contribution is -0.741. The molecular weight excluding hydrogens is 276 g/mol. The molecule has 0 bridgehead atoms. The molecule has 0 spiro atoms. The maximum absolute atomic E-state index is 9.74. The molecule has 0 unspecified atom stereocenters. The zero-order chi connectivity index (χ0) is 14.7. The van der Waals surface area contributed by atoms with Crippen molar-refractivity contribution in [2.75, 3.05) is 0 Å². The Morgan fingerprint density at radius 2 is 2.00 bits per heavy atom. The number of rotatable bonds is 4. The van der Waals surface area contributed by atoms with E-state index >= 15 is 0 Å². The van der Waals surface area contributed by atoms with Gasteiger partial charge in [-0.15, -0.1) is 0 Å². The van der Waals surface area contributed by atoms with E-state index in [1.807, 2.05) is 6.92 Å². The summed E-state index contributed by atoms with van der Waals surface area (Å²) in [5, 5.41) is 34.6. The standard InChI is InChI=1S/C14H14N2O3S/c1-3-8-16-12(20-9(2)15-16)7-5-10-4-6-11(17)14(19)13(10)18/h3-7H,1,8H2,2H3,(H2,17,18,19)/p+1. The topological polar surface area (TPSA) is 77.5 Å². The highest BCUT2D eigenvalue weighted by Crippen LogP contribution is 2.37. The van der Waals surface area contributed by atoms with Crippen molar-refractivity contribution in [1.29, 1.82) is 0 Å². The van der Waals surface area contributed by atoms with Gasteiger partial charge in [0, 0.05) is 16.7 Å². The smallest absolute Gasteiger partial charge is 0.289 e. The zero-order valence-electron chi connectivity index (χ0n) is 10.9. The number of aromatic nitrogens is 2. The summed E-state index contributed by atoms with van der Waals surface area (Å²) >= 11 is 1.51. The maximum Gasteiger partial charge on any atom is 0.289 e. The highest BCUT2D eigenvalue weighted by atomic mass is 32.1. The van der Waals surface area contributed by atoms with Crippen molar-refractivity contribution in [2.24, 2.45) is 0 Å². The van der Waals surface area contributed by atoms with Gasteiger partial charge < -0.3 is 15.3 Å². The molecule has 2 rings (SSSR count). The summed E-state index contributed by atoms with van der Waals surface area (Å²) in [6.45, 7) is 6.18. The molecule has 0 radical (unpaired) electrons. The van der Waals surface area contributed by atoms with E-state index in [1.54, 1.807) is 22.9 Å². The molecule has 3 N–H and O–H groups in total. The first-order chi connectivity index (χ1) is 9.52. The zero-order valence-corrected chi connectivity index (χ0v) is 11.8. The molecule has 1 heterocycles. The number of hydrogen-bond donors (Lipinski definition) is 3. The first-order valence-electron chi connectivity index (χ1n) is 5.93. The summed E-state index contributed by atoms with van der Waals surface area (Å²) in [6, 6.07) is 2.84. The van der Waals surface area contributed by atoms with Crippen LogP contribution in [-0.4, -0.2) is 20.4 Å². The second-order valence-corrected chi connectivity index (χ2v) is 5.35. The Morgan fingerprint density at radius 3 is 2.70 bits per heavy atom. The number of phenols is 3. The Labute approximate surface area is 120 Å². The van der Waals surface area contributed by atoms with E-state index in [0.29, 0.717) is 12.1 Å². The number of hydrogen-bond acceptors (Lipinski definition) is 5. The fraction of sp³-hybridized carbons (Fsp3) is 0.143. The SMILES string of the molecule is C=CC[n+]1nc(C)sc1C=Cc1ccc(O)c(O)c1O. The molecule has 1 aromatic heterocycles. The fourth-order valence-electron chi connectivity index (χ4n) is 1.70. The second-order valence-electron chi connectivity index (χ2n) is 4.13. The third-order valence-electron chi connectivity index (χ3n) is 2.64. The van der Waals surface area contributed by atoms with Crippen molar-refractivity contribution >= 4 is 23.5 Å². The van der Waals surface area contributed by atoms with Gasteiger partial charge in [0.2, 0.25) is 5.75 Å². The molecule has 0 amide bonds. The molecule has 0 aliphatic heterocycles. The number of aryl methyl sites for hydroxylation is 1. The van der Waals surface area contributed by atoms with Gasteiger partial charge in [-0.2, -0.15) is 0 Å². The third-order valence-corrected chi connectivity index (χ3v) is 3.57. The van der Waals surface area contributed by atoms with Crippen LogP contribution >= 0.6 is 11.3 Å². The lowest BCUT2D eigenvalue weighted by atomic mass is 10.1. The van der Waals surface area contributed by atoms with Crippen LogP contribution in [0.4, 0.5) is 0 Å². The number of nitrogens with zero attached hydrogens (tertiary/aromatic N) is 2. The largest absolute Gasteiger partial charge is 0.504 e. The van der Waals surface area contributed by atoms with E-state index < -0.39 is 5.75 Å². The lowest BCUT2D eigenvalue weighted by Crippen LogP contribution is -2.37. The van der Waals surface area contributed by atoms with Gasteiger partial charge in [-0.3, -0.25) is 0 Å². The van der Waals surface area contributed by atoms with Crippen LogP contribution in [0.1, 0.15) is 15.6 Å². The summed E-state index contributed by atoms with van der Waals surface area (Å²) in [7, 11) is 0. The van der Waals surface area contributed by atoms with E-state index in [2.05, 4.69) is 11.7 Å². The molecule has 2 aromatic rings. The van der Waals surface area contributed by atoms with E-state index in [4.69, 9.17) is 0 Å². The molecule has 0 aliphatic carbocycles. The number of benzene rings is 1. The highest BCUT2D eigenvalue weighted by Gasteiger charge is 2.14. The normalized spacial score (nSPS) is 11.1. The van der Waals surface area contributed by atoms with Crippen LogP contribution in [0.25, 0.3) is 12.2 Å². The molecule has 0 saturated carbocycles. The van der Waals surface area contributed by atoms with Crippen LogP contribution in [0.3, 0.4) is 0 Å². The van der Waals surface area contributed by atoms with Crippen molar-refractivity contribution in [3.8, 4) is 17.2 Å². The third kappa shape index (κ3) is 2.80. The molecular formula is C14H15N2O3S+. The van der Waals surface area contributed by atoms with Crippen LogP contribution in [0, 0.1) is 6.92 Å². The predicted molar refractivity (Wildman–Crippen MR) is 77.6 cm³/mol. The molecule has 0 saturated heterocycles. The van der Waals surface area contributed by atoms with Crippen LogP contribution < -0.4 is 4.68 Å². The fourth-order valence-corrected chi connectivity index (χ4v) is 2.50. The van der Waals surface area contributed by atoms with Crippen molar-refractivity contribution in [3.63, 3.8) is 0 Å². The van der Waals surface area contributed by atoms with E-state index in [0.717, 1.165) is 10.0 Å². The molecule has 20 heavy (non-hydrogen) atoms. The van der Waals surface area contributed by atoms with Crippen molar-refractivity contribution in [2.45, 2.75) is 13.5 Å². The van der Waals surface area contributed by atoms with Crippen molar-refractivity contribution < 1.29 is 20.0 Å². The van der Waals surface area contributed by atoms with Gasteiger partial charge in [-0.25, -0.2) is 0 Å². The average Bonchev–Trinajstić information content (AvgIpc) is 2.76. The Morgan fingerprint density at radius 1 is 1.25 bits per heavy atom. The molecule has 6 heteroatoms. The first kappa shape index (κ1) is 14.1.